The molecule has 0 saturated heterocycles. The van der Waals surface area contributed by atoms with Gasteiger partial charge in [0, 0.05) is 0 Å². The Kier molecular flexibility index (Phi) is 3.68. The van der Waals surface area contributed by atoms with Crippen LogP contribution in [0.25, 0.3) is 0 Å². The zero-order valence-corrected chi connectivity index (χ0v) is 11.0. The Balaban J connectivity index is 2.28. The van der Waals surface area contributed by atoms with E-state index < -0.39 is 0 Å². The minimum Gasteiger partial charge on any atom is -0.0651 e. The van der Waals surface area contributed by atoms with E-state index in [1.54, 1.807) is 22.3 Å². The molecule has 1 aromatic rings. The Morgan fingerprint density at radius 3 is 2.25 bits per heavy atom. The first-order chi connectivity index (χ1) is 7.74. The van der Waals surface area contributed by atoms with Crippen molar-refractivity contribution >= 4 is 0 Å². The summed E-state index contributed by atoms with van der Waals surface area (Å²) >= 11 is 0. The van der Waals surface area contributed by atoms with Crippen molar-refractivity contribution in [1.82, 2.24) is 0 Å². The molecule has 0 saturated carbocycles. The molecular formula is C16H24. The fourth-order valence-electron chi connectivity index (χ4n) is 2.77. The molecule has 1 aliphatic rings. The molecule has 0 fully saturated rings. The van der Waals surface area contributed by atoms with Crippen LogP contribution in [0, 0.1) is 5.92 Å². The SMILES string of the molecule is CCc1cc2c(cc1CC(C)CC)CCC2. The monoisotopic (exact) mass is 216 g/mol. The zero-order valence-electron chi connectivity index (χ0n) is 11.0. The lowest BCUT2D eigenvalue weighted by atomic mass is 9.91. The normalized spacial score (nSPS) is 16.2. The van der Waals surface area contributed by atoms with Crippen LogP contribution in [-0.2, 0) is 25.7 Å². The molecule has 2 rings (SSSR count). The van der Waals surface area contributed by atoms with Crippen LogP contribution in [-0.4, -0.2) is 0 Å². The van der Waals surface area contributed by atoms with E-state index in [4.69, 9.17) is 0 Å². The minimum atomic E-state index is 0.824. The van der Waals surface area contributed by atoms with Crippen molar-refractivity contribution in [3.63, 3.8) is 0 Å². The number of hydrogen-bond acceptors (Lipinski definition) is 0. The molecule has 0 heteroatoms. The maximum atomic E-state index is 2.51. The van der Waals surface area contributed by atoms with Gasteiger partial charge in [-0.15, -0.1) is 0 Å². The van der Waals surface area contributed by atoms with Crippen LogP contribution in [0.15, 0.2) is 12.1 Å². The molecule has 1 aliphatic carbocycles. The van der Waals surface area contributed by atoms with Crippen molar-refractivity contribution in [2.75, 3.05) is 0 Å². The predicted octanol–water partition coefficient (Wildman–Crippen LogP) is 4.33. The van der Waals surface area contributed by atoms with E-state index in [-0.39, 0.29) is 0 Å². The molecule has 0 aliphatic heterocycles. The van der Waals surface area contributed by atoms with E-state index in [9.17, 15) is 0 Å². The van der Waals surface area contributed by atoms with Crippen molar-refractivity contribution in [2.24, 2.45) is 5.92 Å². The summed E-state index contributed by atoms with van der Waals surface area (Å²) in [5, 5.41) is 0. The molecule has 0 N–H and O–H groups in total. The number of benzene rings is 1. The third-order valence-electron chi connectivity index (χ3n) is 4.06. The van der Waals surface area contributed by atoms with E-state index in [1.165, 1.54) is 38.5 Å². The van der Waals surface area contributed by atoms with Crippen LogP contribution in [0.2, 0.25) is 0 Å². The smallest absolute Gasteiger partial charge is 0.0250 e. The standard InChI is InChI=1S/C16H24/c1-4-12(3)9-16-11-15-8-6-7-14(15)10-13(16)5-2/h10-12H,4-9H2,1-3H3. The van der Waals surface area contributed by atoms with Gasteiger partial charge < -0.3 is 0 Å². The lowest BCUT2D eigenvalue weighted by Gasteiger charge is -2.14. The van der Waals surface area contributed by atoms with E-state index in [2.05, 4.69) is 32.9 Å². The van der Waals surface area contributed by atoms with Gasteiger partial charge >= 0.3 is 0 Å². The highest BCUT2D eigenvalue weighted by atomic mass is 14.2. The van der Waals surface area contributed by atoms with Gasteiger partial charge in [-0.2, -0.15) is 0 Å². The third-order valence-corrected chi connectivity index (χ3v) is 4.06. The molecule has 0 radical (unpaired) electrons. The summed E-state index contributed by atoms with van der Waals surface area (Å²) in [6.45, 7) is 6.95. The van der Waals surface area contributed by atoms with Gasteiger partial charge in [-0.3, -0.25) is 0 Å². The Labute approximate surface area is 100 Å². The van der Waals surface area contributed by atoms with Gasteiger partial charge in [-0.25, -0.2) is 0 Å². The van der Waals surface area contributed by atoms with E-state index in [0.29, 0.717) is 0 Å². The number of hydrogen-bond donors (Lipinski definition) is 0. The van der Waals surface area contributed by atoms with Gasteiger partial charge in [0.25, 0.3) is 0 Å². The van der Waals surface area contributed by atoms with Crippen LogP contribution >= 0.6 is 0 Å². The second-order valence-corrected chi connectivity index (χ2v) is 5.31. The number of fused-ring (bicyclic) bond motifs is 1. The maximum absolute atomic E-state index is 2.51. The van der Waals surface area contributed by atoms with Gasteiger partial charge in [0.2, 0.25) is 0 Å². The highest BCUT2D eigenvalue weighted by molar-refractivity contribution is 5.41. The summed E-state index contributed by atoms with van der Waals surface area (Å²) in [6.07, 6.45) is 7.75. The van der Waals surface area contributed by atoms with Gasteiger partial charge in [-0.1, -0.05) is 39.3 Å². The molecule has 1 aromatic carbocycles. The topological polar surface area (TPSA) is 0 Å². The molecule has 1 atom stereocenters. The summed E-state index contributed by atoms with van der Waals surface area (Å²) in [5.41, 5.74) is 6.48. The van der Waals surface area contributed by atoms with Crippen molar-refractivity contribution in [2.45, 2.75) is 59.3 Å². The van der Waals surface area contributed by atoms with Crippen LogP contribution in [0.4, 0.5) is 0 Å². The Morgan fingerprint density at radius 2 is 1.69 bits per heavy atom. The van der Waals surface area contributed by atoms with E-state index in [1.807, 2.05) is 0 Å². The Bertz CT molecular complexity index is 363. The summed E-state index contributed by atoms with van der Waals surface area (Å²) in [5.74, 6) is 0.824. The number of aryl methyl sites for hydroxylation is 3. The molecule has 16 heavy (non-hydrogen) atoms. The average Bonchev–Trinajstić information content (AvgIpc) is 2.74. The fraction of sp³-hybridized carbons (Fsp3) is 0.625. The zero-order chi connectivity index (χ0) is 11.5. The van der Waals surface area contributed by atoms with E-state index in [0.717, 1.165) is 5.92 Å². The molecule has 0 heterocycles. The summed E-state index contributed by atoms with van der Waals surface area (Å²) in [7, 11) is 0. The second-order valence-electron chi connectivity index (χ2n) is 5.31. The minimum absolute atomic E-state index is 0.824. The number of rotatable bonds is 4. The first kappa shape index (κ1) is 11.7. The highest BCUT2D eigenvalue weighted by Gasteiger charge is 2.14. The van der Waals surface area contributed by atoms with E-state index >= 15 is 0 Å². The quantitative estimate of drug-likeness (QED) is 0.703. The molecular weight excluding hydrogens is 192 g/mol. The fourth-order valence-corrected chi connectivity index (χ4v) is 2.77. The van der Waals surface area contributed by atoms with Crippen LogP contribution in [0.1, 0.15) is 55.9 Å². The van der Waals surface area contributed by atoms with Crippen LogP contribution < -0.4 is 0 Å². The molecule has 0 amide bonds. The van der Waals surface area contributed by atoms with Gasteiger partial charge in [-0.05, 0) is 60.3 Å². The summed E-state index contributed by atoms with van der Waals surface area (Å²) in [4.78, 5) is 0. The first-order valence-corrected chi connectivity index (χ1v) is 6.88. The Morgan fingerprint density at radius 1 is 1.06 bits per heavy atom. The van der Waals surface area contributed by atoms with Gasteiger partial charge in [0.15, 0.2) is 0 Å². The largest absolute Gasteiger partial charge is 0.0651 e. The van der Waals surface area contributed by atoms with Crippen molar-refractivity contribution < 1.29 is 0 Å². The van der Waals surface area contributed by atoms with Gasteiger partial charge in [0.1, 0.15) is 0 Å². The highest BCUT2D eigenvalue weighted by Crippen LogP contribution is 2.27. The molecule has 0 bridgehead atoms. The third kappa shape index (κ3) is 2.31. The molecule has 88 valence electrons. The Hall–Kier alpha value is -0.780. The lowest BCUT2D eigenvalue weighted by Crippen LogP contribution is -2.03. The van der Waals surface area contributed by atoms with Crippen LogP contribution in [0.5, 0.6) is 0 Å². The van der Waals surface area contributed by atoms with Gasteiger partial charge in [0.05, 0.1) is 0 Å². The van der Waals surface area contributed by atoms with Crippen LogP contribution in [0.3, 0.4) is 0 Å². The lowest BCUT2D eigenvalue weighted by molar-refractivity contribution is 0.557. The molecule has 0 spiro atoms. The molecule has 1 unspecified atom stereocenters. The maximum Gasteiger partial charge on any atom is -0.0250 e. The van der Waals surface area contributed by atoms with Crippen molar-refractivity contribution in [3.8, 4) is 0 Å². The average molecular weight is 216 g/mol. The predicted molar refractivity (Wildman–Crippen MR) is 71.0 cm³/mol. The summed E-state index contributed by atoms with van der Waals surface area (Å²) < 4.78 is 0. The summed E-state index contributed by atoms with van der Waals surface area (Å²) in [6, 6.07) is 4.99. The molecule has 0 aromatic heterocycles. The first-order valence-electron chi connectivity index (χ1n) is 6.88. The van der Waals surface area contributed by atoms with Crippen molar-refractivity contribution in [3.05, 3.63) is 34.4 Å². The van der Waals surface area contributed by atoms with Crippen molar-refractivity contribution in [1.29, 1.82) is 0 Å². The second kappa shape index (κ2) is 5.03. The molecule has 0 nitrogen and oxygen atoms in total.